The molecule has 9 heteroatoms. The van der Waals surface area contributed by atoms with Crippen LogP contribution in [0.25, 0.3) is 0 Å². The molecule has 116 valence electrons. The maximum absolute atomic E-state index is 12.3. The van der Waals surface area contributed by atoms with Gasteiger partial charge in [-0.05, 0) is 17.7 Å². The summed E-state index contributed by atoms with van der Waals surface area (Å²) in [5.74, 6) is 0.157. The van der Waals surface area contributed by atoms with Crippen molar-refractivity contribution < 1.29 is 35.8 Å². The Morgan fingerprint density at radius 2 is 1.71 bits per heavy atom. The largest absolute Gasteiger partial charge is 0.495 e. The molecule has 0 amide bonds. The van der Waals surface area contributed by atoms with Gasteiger partial charge >= 0.3 is 12.4 Å². The minimum atomic E-state index is -5.57. The summed E-state index contributed by atoms with van der Waals surface area (Å²) >= 11 is 0. The zero-order valence-corrected chi connectivity index (χ0v) is 10.5. The molecule has 1 rings (SSSR count). The van der Waals surface area contributed by atoms with E-state index in [0.29, 0.717) is 0 Å². The summed E-state index contributed by atoms with van der Waals surface area (Å²) < 4.78 is 82.3. The number of methoxy groups -OCH3 is 1. The van der Waals surface area contributed by atoms with E-state index in [-0.39, 0.29) is 16.9 Å². The Hall–Kier alpha value is -1.95. The highest BCUT2D eigenvalue weighted by molar-refractivity contribution is 5.45. The minimum Gasteiger partial charge on any atom is -0.495 e. The van der Waals surface area contributed by atoms with Crippen LogP contribution in [0.4, 0.5) is 26.3 Å². The predicted octanol–water partition coefficient (Wildman–Crippen LogP) is 3.58. The standard InChI is InChI=1S/C12H9F6NO2/c1-20-9-3-2-7(4-8(9)5-19)6-21-10(11(13,14)15)12(16,17)18/h2-4,10H,6H2,1H3. The molecule has 0 unspecified atom stereocenters. The minimum absolute atomic E-state index is 0.00847. The van der Waals surface area contributed by atoms with Crippen LogP contribution in [0.2, 0.25) is 0 Å². The van der Waals surface area contributed by atoms with E-state index >= 15 is 0 Å². The van der Waals surface area contributed by atoms with Crippen LogP contribution in [0, 0.1) is 11.3 Å². The molecule has 0 saturated carbocycles. The van der Waals surface area contributed by atoms with Gasteiger partial charge < -0.3 is 9.47 Å². The number of nitriles is 1. The van der Waals surface area contributed by atoms with Gasteiger partial charge in [-0.1, -0.05) is 6.07 Å². The van der Waals surface area contributed by atoms with Gasteiger partial charge in [-0.25, -0.2) is 0 Å². The van der Waals surface area contributed by atoms with Crippen molar-refractivity contribution in [3.63, 3.8) is 0 Å². The van der Waals surface area contributed by atoms with E-state index in [0.717, 1.165) is 6.07 Å². The summed E-state index contributed by atoms with van der Waals surface area (Å²) in [4.78, 5) is 0. The smallest absolute Gasteiger partial charge is 0.423 e. The van der Waals surface area contributed by atoms with Gasteiger partial charge in [0.25, 0.3) is 0 Å². The molecule has 21 heavy (non-hydrogen) atoms. The number of rotatable bonds is 4. The second kappa shape index (κ2) is 6.22. The van der Waals surface area contributed by atoms with Crippen molar-refractivity contribution in [2.24, 2.45) is 0 Å². The molecule has 3 nitrogen and oxygen atoms in total. The van der Waals surface area contributed by atoms with Crippen LogP contribution in [-0.4, -0.2) is 25.6 Å². The Kier molecular flexibility index (Phi) is 5.06. The van der Waals surface area contributed by atoms with Gasteiger partial charge in [0.1, 0.15) is 11.8 Å². The van der Waals surface area contributed by atoms with Crippen LogP contribution in [0.3, 0.4) is 0 Å². The number of nitrogens with zero attached hydrogens (tertiary/aromatic N) is 1. The summed E-state index contributed by atoms with van der Waals surface area (Å²) in [5, 5.41) is 8.78. The molecule has 0 fully saturated rings. The lowest BCUT2D eigenvalue weighted by Crippen LogP contribution is -2.44. The summed E-state index contributed by atoms with van der Waals surface area (Å²) in [6, 6.07) is 5.28. The van der Waals surface area contributed by atoms with Gasteiger partial charge in [0.05, 0.1) is 19.3 Å². The molecule has 1 aromatic rings. The predicted molar refractivity (Wildman–Crippen MR) is 58.4 cm³/mol. The van der Waals surface area contributed by atoms with Crippen LogP contribution < -0.4 is 4.74 Å². The molecule has 0 heterocycles. The first-order valence-corrected chi connectivity index (χ1v) is 5.41. The molecule has 0 radical (unpaired) electrons. The molecule has 0 aliphatic carbocycles. The van der Waals surface area contributed by atoms with Crippen LogP contribution in [-0.2, 0) is 11.3 Å². The summed E-state index contributed by atoms with van der Waals surface area (Å²) in [6.07, 6.45) is -15.0. The Bertz CT molecular complexity index is 518. The number of benzene rings is 1. The molecule has 0 aliphatic heterocycles. The topological polar surface area (TPSA) is 42.2 Å². The third-order valence-electron chi connectivity index (χ3n) is 2.40. The van der Waals surface area contributed by atoms with E-state index in [1.807, 2.05) is 0 Å². The first-order chi connectivity index (χ1) is 9.59. The molecule has 0 spiro atoms. The van der Waals surface area contributed by atoms with Crippen LogP contribution in [0.1, 0.15) is 11.1 Å². The van der Waals surface area contributed by atoms with Crippen molar-refractivity contribution in [3.8, 4) is 11.8 Å². The van der Waals surface area contributed by atoms with Crippen LogP contribution in [0.5, 0.6) is 5.75 Å². The molecule has 0 N–H and O–H groups in total. The average Bonchev–Trinajstić information content (AvgIpc) is 2.35. The second-order valence-corrected chi connectivity index (χ2v) is 3.92. The van der Waals surface area contributed by atoms with E-state index in [4.69, 9.17) is 10.00 Å². The van der Waals surface area contributed by atoms with E-state index < -0.39 is 25.1 Å². The highest BCUT2D eigenvalue weighted by atomic mass is 19.4. The van der Waals surface area contributed by atoms with Gasteiger partial charge in [0.2, 0.25) is 6.10 Å². The van der Waals surface area contributed by atoms with Gasteiger partial charge in [-0.15, -0.1) is 0 Å². The molecule has 0 atom stereocenters. The zero-order valence-electron chi connectivity index (χ0n) is 10.5. The van der Waals surface area contributed by atoms with E-state index in [1.54, 1.807) is 6.07 Å². The Balaban J connectivity index is 2.89. The first-order valence-electron chi connectivity index (χ1n) is 5.41. The number of alkyl halides is 6. The maximum atomic E-state index is 12.3. The highest BCUT2D eigenvalue weighted by Crippen LogP contribution is 2.36. The normalized spacial score (nSPS) is 12.3. The van der Waals surface area contributed by atoms with Gasteiger partial charge in [-0.3, -0.25) is 0 Å². The molecule has 0 aromatic heterocycles. The quantitative estimate of drug-likeness (QED) is 0.798. The third kappa shape index (κ3) is 4.53. The van der Waals surface area contributed by atoms with Crippen molar-refractivity contribution >= 4 is 0 Å². The summed E-state index contributed by atoms with van der Waals surface area (Å²) in [7, 11) is 1.27. The fraction of sp³-hybridized carbons (Fsp3) is 0.417. The van der Waals surface area contributed by atoms with Crippen molar-refractivity contribution in [1.29, 1.82) is 5.26 Å². The Morgan fingerprint density at radius 1 is 1.14 bits per heavy atom. The Labute approximate surface area is 115 Å². The summed E-state index contributed by atoms with van der Waals surface area (Å²) in [5.41, 5.74) is -0.0278. The monoisotopic (exact) mass is 313 g/mol. The fourth-order valence-electron chi connectivity index (χ4n) is 1.49. The van der Waals surface area contributed by atoms with Crippen molar-refractivity contribution in [2.45, 2.75) is 25.1 Å². The number of hydrogen-bond donors (Lipinski definition) is 0. The zero-order chi connectivity index (χ0) is 16.3. The summed E-state index contributed by atoms with van der Waals surface area (Å²) in [6.45, 7) is -0.942. The molecular formula is C12H9F6NO2. The fourth-order valence-corrected chi connectivity index (χ4v) is 1.49. The lowest BCUT2D eigenvalue weighted by molar-refractivity contribution is -0.324. The number of hydrogen-bond acceptors (Lipinski definition) is 3. The van der Waals surface area contributed by atoms with Crippen molar-refractivity contribution in [2.75, 3.05) is 7.11 Å². The number of halogens is 6. The molecule has 0 bridgehead atoms. The Morgan fingerprint density at radius 3 is 2.14 bits per heavy atom. The van der Waals surface area contributed by atoms with Gasteiger partial charge in [0.15, 0.2) is 0 Å². The van der Waals surface area contributed by atoms with Crippen LogP contribution in [0.15, 0.2) is 18.2 Å². The number of ether oxygens (including phenoxy) is 2. The maximum Gasteiger partial charge on any atom is 0.423 e. The highest BCUT2D eigenvalue weighted by Gasteiger charge is 2.57. The molecule has 0 saturated heterocycles. The van der Waals surface area contributed by atoms with E-state index in [9.17, 15) is 26.3 Å². The molecule has 0 aliphatic rings. The van der Waals surface area contributed by atoms with E-state index in [2.05, 4.69) is 4.74 Å². The lowest BCUT2D eigenvalue weighted by Gasteiger charge is -2.23. The molecule has 1 aromatic carbocycles. The molecular weight excluding hydrogens is 304 g/mol. The SMILES string of the molecule is COc1ccc(COC(C(F)(F)F)C(F)(F)F)cc1C#N. The van der Waals surface area contributed by atoms with Crippen molar-refractivity contribution in [1.82, 2.24) is 0 Å². The first kappa shape index (κ1) is 17.1. The third-order valence-corrected chi connectivity index (χ3v) is 2.40. The van der Waals surface area contributed by atoms with Gasteiger partial charge in [0, 0.05) is 0 Å². The average molecular weight is 313 g/mol. The second-order valence-electron chi connectivity index (χ2n) is 3.92. The van der Waals surface area contributed by atoms with Crippen molar-refractivity contribution in [3.05, 3.63) is 29.3 Å². The van der Waals surface area contributed by atoms with Crippen LogP contribution >= 0.6 is 0 Å². The van der Waals surface area contributed by atoms with Gasteiger partial charge in [-0.2, -0.15) is 31.6 Å². The van der Waals surface area contributed by atoms with E-state index in [1.165, 1.54) is 19.2 Å². The lowest BCUT2D eigenvalue weighted by atomic mass is 10.1.